The highest BCUT2D eigenvalue weighted by atomic mass is 35.5. The molecule has 0 saturated carbocycles. The molecule has 4 rings (SSSR count). The van der Waals surface area contributed by atoms with Crippen molar-refractivity contribution in [3.63, 3.8) is 0 Å². The fourth-order valence-corrected chi connectivity index (χ4v) is 3.73. The summed E-state index contributed by atoms with van der Waals surface area (Å²) >= 11 is 6.26. The summed E-state index contributed by atoms with van der Waals surface area (Å²) in [5.74, 6) is 1.42. The number of aromatic nitrogens is 1. The zero-order valence-electron chi connectivity index (χ0n) is 17.8. The average molecular weight is 450 g/mol. The quantitative estimate of drug-likeness (QED) is 0.575. The Morgan fingerprint density at radius 1 is 1.12 bits per heavy atom. The van der Waals surface area contributed by atoms with E-state index in [1.165, 1.54) is 0 Å². The highest BCUT2D eigenvalue weighted by Crippen LogP contribution is 2.27. The van der Waals surface area contributed by atoms with Crippen molar-refractivity contribution in [2.75, 3.05) is 38.7 Å². The first-order chi connectivity index (χ1) is 15.7. The topological polar surface area (TPSA) is 63.7 Å². The number of hydrogen-bond acceptors (Lipinski definition) is 5. The van der Waals surface area contributed by atoms with Crippen LogP contribution in [-0.4, -0.2) is 49.2 Å². The monoisotopic (exact) mass is 449 g/mol. The molecule has 1 aliphatic rings. The van der Waals surface area contributed by atoms with Gasteiger partial charge in [-0.25, -0.2) is 4.98 Å². The fraction of sp³-hybridized carbons (Fsp3) is 0.200. The van der Waals surface area contributed by atoms with Crippen molar-refractivity contribution < 1.29 is 14.3 Å². The molecule has 1 aromatic heterocycles. The summed E-state index contributed by atoms with van der Waals surface area (Å²) in [6.07, 6.45) is 5.40. The number of nitrogens with zero attached hydrogens (tertiary/aromatic N) is 2. The summed E-state index contributed by atoms with van der Waals surface area (Å²) in [7, 11) is 1.61. The predicted octanol–water partition coefficient (Wildman–Crippen LogP) is 4.97. The van der Waals surface area contributed by atoms with Gasteiger partial charge < -0.3 is 19.7 Å². The number of benzene rings is 2. The van der Waals surface area contributed by atoms with Crippen LogP contribution >= 0.6 is 11.6 Å². The number of methoxy groups -OCH3 is 1. The molecular formula is C25H24ClN3O3. The Balaban J connectivity index is 1.44. The highest BCUT2D eigenvalue weighted by Gasteiger charge is 2.18. The molecule has 1 N–H and O–H groups in total. The van der Waals surface area contributed by atoms with Gasteiger partial charge in [0, 0.05) is 42.2 Å². The van der Waals surface area contributed by atoms with Crippen LogP contribution in [0, 0.1) is 0 Å². The minimum atomic E-state index is 0.0292. The van der Waals surface area contributed by atoms with Gasteiger partial charge in [0.25, 0.3) is 5.91 Å². The number of amides is 1. The Labute approximate surface area is 192 Å². The molecule has 0 atom stereocenters. The van der Waals surface area contributed by atoms with Crippen molar-refractivity contribution in [2.45, 2.75) is 0 Å². The van der Waals surface area contributed by atoms with Crippen LogP contribution in [0.25, 0.3) is 17.2 Å². The second-order valence-corrected chi connectivity index (χ2v) is 7.66. The third kappa shape index (κ3) is 5.10. The van der Waals surface area contributed by atoms with E-state index in [0.717, 1.165) is 16.7 Å². The van der Waals surface area contributed by atoms with Crippen molar-refractivity contribution in [2.24, 2.45) is 0 Å². The first-order valence-electron chi connectivity index (χ1n) is 10.3. The van der Waals surface area contributed by atoms with Gasteiger partial charge in [-0.05, 0) is 48.0 Å². The number of pyridine rings is 1. The fourth-order valence-electron chi connectivity index (χ4n) is 3.50. The number of carbonyl (C=O) groups is 1. The first-order valence-corrected chi connectivity index (χ1v) is 10.7. The molecule has 2 aromatic carbocycles. The molecule has 3 aromatic rings. The lowest BCUT2D eigenvalue weighted by Gasteiger charge is -2.27. The molecular weight excluding hydrogens is 426 g/mol. The van der Waals surface area contributed by atoms with Gasteiger partial charge in [-0.1, -0.05) is 29.8 Å². The van der Waals surface area contributed by atoms with Gasteiger partial charge in [-0.15, -0.1) is 0 Å². The van der Waals surface area contributed by atoms with Gasteiger partial charge in [0.15, 0.2) is 0 Å². The Morgan fingerprint density at radius 3 is 2.69 bits per heavy atom. The van der Waals surface area contributed by atoms with E-state index in [9.17, 15) is 4.79 Å². The summed E-state index contributed by atoms with van der Waals surface area (Å²) < 4.78 is 10.7. The first kappa shape index (κ1) is 21.9. The standard InChI is InChI=1S/C25H24ClN3O3/c1-31-23-7-3-6-22(26)21(23)10-11-27-24-9-8-20(17-28-24)18-4-2-5-19(16-18)25(30)29-12-14-32-15-13-29/h2-11,16-17H,12-15H2,1H3,(H,27,28)/b11-10+. The van der Waals surface area contributed by atoms with E-state index < -0.39 is 0 Å². The lowest BCUT2D eigenvalue weighted by Crippen LogP contribution is -2.40. The van der Waals surface area contributed by atoms with E-state index in [2.05, 4.69) is 10.3 Å². The maximum atomic E-state index is 12.8. The summed E-state index contributed by atoms with van der Waals surface area (Å²) in [4.78, 5) is 19.1. The summed E-state index contributed by atoms with van der Waals surface area (Å²) in [6.45, 7) is 2.42. The van der Waals surface area contributed by atoms with Gasteiger partial charge in [0.2, 0.25) is 0 Å². The minimum absolute atomic E-state index is 0.0292. The molecule has 1 saturated heterocycles. The molecule has 1 fully saturated rings. The molecule has 164 valence electrons. The van der Waals surface area contributed by atoms with E-state index >= 15 is 0 Å². The van der Waals surface area contributed by atoms with Gasteiger partial charge in [-0.3, -0.25) is 4.79 Å². The third-order valence-electron chi connectivity index (χ3n) is 5.22. The highest BCUT2D eigenvalue weighted by molar-refractivity contribution is 6.32. The van der Waals surface area contributed by atoms with Crippen molar-refractivity contribution >= 4 is 29.4 Å². The van der Waals surface area contributed by atoms with Gasteiger partial charge in [-0.2, -0.15) is 0 Å². The van der Waals surface area contributed by atoms with Gasteiger partial charge >= 0.3 is 0 Å². The lowest BCUT2D eigenvalue weighted by molar-refractivity contribution is 0.0303. The Hall–Kier alpha value is -3.35. The zero-order chi connectivity index (χ0) is 22.3. The molecule has 0 unspecified atom stereocenters. The molecule has 0 radical (unpaired) electrons. The number of morpholine rings is 1. The number of hydrogen-bond donors (Lipinski definition) is 1. The van der Waals surface area contributed by atoms with Crippen LogP contribution in [0.15, 0.2) is 67.0 Å². The molecule has 0 bridgehead atoms. The molecule has 0 aliphatic carbocycles. The normalized spacial score (nSPS) is 13.9. The lowest BCUT2D eigenvalue weighted by atomic mass is 10.0. The number of ether oxygens (including phenoxy) is 2. The smallest absolute Gasteiger partial charge is 0.254 e. The van der Waals surface area contributed by atoms with Crippen molar-refractivity contribution in [3.05, 3.63) is 83.1 Å². The summed E-state index contributed by atoms with van der Waals surface area (Å²) in [6, 6.07) is 17.0. The second-order valence-electron chi connectivity index (χ2n) is 7.25. The van der Waals surface area contributed by atoms with Crippen LogP contribution in [0.1, 0.15) is 15.9 Å². The molecule has 0 spiro atoms. The number of rotatable bonds is 6. The minimum Gasteiger partial charge on any atom is -0.496 e. The van der Waals surface area contributed by atoms with E-state index in [0.29, 0.717) is 48.5 Å². The van der Waals surface area contributed by atoms with Crippen LogP contribution in [0.4, 0.5) is 5.82 Å². The van der Waals surface area contributed by atoms with E-state index in [4.69, 9.17) is 21.1 Å². The number of halogens is 1. The Kier molecular flexibility index (Phi) is 7.04. The van der Waals surface area contributed by atoms with E-state index in [-0.39, 0.29) is 5.91 Å². The number of carbonyl (C=O) groups excluding carboxylic acids is 1. The van der Waals surface area contributed by atoms with Crippen molar-refractivity contribution in [1.82, 2.24) is 9.88 Å². The van der Waals surface area contributed by atoms with Crippen molar-refractivity contribution in [1.29, 1.82) is 0 Å². The van der Waals surface area contributed by atoms with Gasteiger partial charge in [0.1, 0.15) is 11.6 Å². The van der Waals surface area contributed by atoms with Crippen LogP contribution < -0.4 is 10.1 Å². The zero-order valence-corrected chi connectivity index (χ0v) is 18.5. The maximum Gasteiger partial charge on any atom is 0.254 e. The van der Waals surface area contributed by atoms with Gasteiger partial charge in [0.05, 0.1) is 25.3 Å². The van der Waals surface area contributed by atoms with Crippen molar-refractivity contribution in [3.8, 4) is 16.9 Å². The second kappa shape index (κ2) is 10.3. The number of anilines is 1. The SMILES string of the molecule is COc1cccc(Cl)c1/C=C/Nc1ccc(-c2cccc(C(=O)N3CCOCC3)c2)cn1. The predicted molar refractivity (Wildman–Crippen MR) is 127 cm³/mol. The summed E-state index contributed by atoms with van der Waals surface area (Å²) in [5.41, 5.74) is 3.34. The summed E-state index contributed by atoms with van der Waals surface area (Å²) in [5, 5.41) is 3.75. The van der Waals surface area contributed by atoms with Crippen LogP contribution in [-0.2, 0) is 4.74 Å². The average Bonchev–Trinajstić information content (AvgIpc) is 2.85. The van der Waals surface area contributed by atoms with E-state index in [1.807, 2.05) is 65.6 Å². The molecule has 32 heavy (non-hydrogen) atoms. The molecule has 7 heteroatoms. The van der Waals surface area contributed by atoms with Crippen LogP contribution in [0.3, 0.4) is 0 Å². The van der Waals surface area contributed by atoms with E-state index in [1.54, 1.807) is 19.5 Å². The maximum absolute atomic E-state index is 12.8. The van der Waals surface area contributed by atoms with Crippen LogP contribution in [0.5, 0.6) is 5.75 Å². The molecule has 1 amide bonds. The molecule has 1 aliphatic heterocycles. The third-order valence-corrected chi connectivity index (χ3v) is 5.55. The molecule has 2 heterocycles. The Morgan fingerprint density at radius 2 is 1.94 bits per heavy atom. The molecule has 6 nitrogen and oxygen atoms in total. The number of nitrogens with one attached hydrogen (secondary N) is 1. The largest absolute Gasteiger partial charge is 0.496 e. The Bertz CT molecular complexity index is 1110. The van der Waals surface area contributed by atoms with Crippen LogP contribution in [0.2, 0.25) is 5.02 Å².